The minimum absolute atomic E-state index is 0.0658. The van der Waals surface area contributed by atoms with E-state index in [0.717, 1.165) is 41.6 Å². The number of anilines is 1. The van der Waals surface area contributed by atoms with E-state index in [4.69, 9.17) is 11.6 Å². The van der Waals surface area contributed by atoms with E-state index in [2.05, 4.69) is 10.3 Å². The van der Waals surface area contributed by atoms with Crippen LogP contribution in [-0.4, -0.2) is 15.5 Å². The molecular formula is C20H20ClN3O2S. The van der Waals surface area contributed by atoms with Gasteiger partial charge in [0.1, 0.15) is 17.2 Å². The number of nitrogens with zero attached hydrogens (tertiary/aromatic N) is 2. The van der Waals surface area contributed by atoms with Gasteiger partial charge < -0.3 is 5.32 Å². The maximum Gasteiger partial charge on any atom is 0.263 e. The van der Waals surface area contributed by atoms with E-state index >= 15 is 0 Å². The Bertz CT molecular complexity index is 1120. The first kappa shape index (κ1) is 18.2. The average molecular weight is 402 g/mol. The second kappa shape index (κ2) is 7.09. The molecule has 2 aromatic heterocycles. The summed E-state index contributed by atoms with van der Waals surface area (Å²) < 4.78 is 1.47. The minimum Gasteiger partial charge on any atom is -0.324 e. The summed E-state index contributed by atoms with van der Waals surface area (Å²) in [5, 5.41) is 4.10. The van der Waals surface area contributed by atoms with E-state index in [9.17, 15) is 9.59 Å². The summed E-state index contributed by atoms with van der Waals surface area (Å²) in [6.07, 6.45) is 4.20. The van der Waals surface area contributed by atoms with Gasteiger partial charge in [0.25, 0.3) is 5.56 Å². The Kier molecular flexibility index (Phi) is 4.78. The Hall–Kier alpha value is -2.18. The molecule has 0 spiro atoms. The van der Waals surface area contributed by atoms with E-state index in [0.29, 0.717) is 21.9 Å². The molecule has 1 aliphatic rings. The summed E-state index contributed by atoms with van der Waals surface area (Å²) in [4.78, 5) is 32.3. The van der Waals surface area contributed by atoms with E-state index in [1.54, 1.807) is 30.4 Å². The largest absolute Gasteiger partial charge is 0.324 e. The summed E-state index contributed by atoms with van der Waals surface area (Å²) in [7, 11) is 0. The first-order valence-electron chi connectivity index (χ1n) is 9.01. The molecule has 27 heavy (non-hydrogen) atoms. The van der Waals surface area contributed by atoms with Gasteiger partial charge in [-0.2, -0.15) is 0 Å². The number of amides is 1. The molecule has 0 bridgehead atoms. The lowest BCUT2D eigenvalue weighted by Gasteiger charge is -2.12. The molecule has 0 atom stereocenters. The van der Waals surface area contributed by atoms with Crippen LogP contribution in [-0.2, 0) is 24.2 Å². The predicted molar refractivity (Wildman–Crippen MR) is 110 cm³/mol. The quantitative estimate of drug-likeness (QED) is 0.713. The molecule has 3 aromatic rings. The lowest BCUT2D eigenvalue weighted by Crippen LogP contribution is -2.30. The van der Waals surface area contributed by atoms with Gasteiger partial charge in [0.05, 0.1) is 5.39 Å². The molecule has 7 heteroatoms. The van der Waals surface area contributed by atoms with Crippen molar-refractivity contribution in [2.75, 3.05) is 5.32 Å². The molecule has 0 saturated carbocycles. The summed E-state index contributed by atoms with van der Waals surface area (Å²) >= 11 is 7.73. The molecule has 4 rings (SSSR count). The van der Waals surface area contributed by atoms with Gasteiger partial charge in [-0.25, -0.2) is 4.98 Å². The SMILES string of the molecule is Cc1ccc(NC(=O)Cn2c(C)nc3sc4c(c3c2=O)CCCC4)cc1Cl. The molecule has 0 fully saturated rings. The third-order valence-corrected chi connectivity index (χ3v) is 6.62. The van der Waals surface area contributed by atoms with Crippen molar-refractivity contribution in [3.63, 3.8) is 0 Å². The van der Waals surface area contributed by atoms with Crippen LogP contribution in [0.2, 0.25) is 5.02 Å². The number of hydrogen-bond donors (Lipinski definition) is 1. The van der Waals surface area contributed by atoms with Gasteiger partial charge in [-0.1, -0.05) is 17.7 Å². The molecule has 0 radical (unpaired) electrons. The number of aromatic nitrogens is 2. The molecule has 0 aliphatic heterocycles. The molecule has 1 amide bonds. The van der Waals surface area contributed by atoms with Crippen LogP contribution in [0.15, 0.2) is 23.0 Å². The highest BCUT2D eigenvalue weighted by atomic mass is 35.5. The van der Waals surface area contributed by atoms with Gasteiger partial charge in [0, 0.05) is 15.6 Å². The average Bonchev–Trinajstić information content (AvgIpc) is 3.00. The van der Waals surface area contributed by atoms with Crippen LogP contribution in [0.25, 0.3) is 10.2 Å². The highest BCUT2D eigenvalue weighted by Crippen LogP contribution is 2.33. The summed E-state index contributed by atoms with van der Waals surface area (Å²) in [6, 6.07) is 5.35. The van der Waals surface area contributed by atoms with E-state index in [1.165, 1.54) is 9.44 Å². The number of fused-ring (bicyclic) bond motifs is 3. The fourth-order valence-electron chi connectivity index (χ4n) is 3.54. The van der Waals surface area contributed by atoms with Crippen LogP contribution >= 0.6 is 22.9 Å². The van der Waals surface area contributed by atoms with Crippen molar-refractivity contribution in [1.82, 2.24) is 9.55 Å². The summed E-state index contributed by atoms with van der Waals surface area (Å²) in [5.74, 6) is 0.286. The Morgan fingerprint density at radius 1 is 1.30 bits per heavy atom. The molecular weight excluding hydrogens is 382 g/mol. The van der Waals surface area contributed by atoms with Crippen molar-refractivity contribution in [2.45, 2.75) is 46.1 Å². The Morgan fingerprint density at radius 2 is 2.07 bits per heavy atom. The van der Waals surface area contributed by atoms with Crippen molar-refractivity contribution >= 4 is 44.7 Å². The Morgan fingerprint density at radius 3 is 2.85 bits per heavy atom. The molecule has 140 valence electrons. The normalized spacial score (nSPS) is 13.6. The highest BCUT2D eigenvalue weighted by Gasteiger charge is 2.21. The van der Waals surface area contributed by atoms with Gasteiger partial charge >= 0.3 is 0 Å². The number of hydrogen-bond acceptors (Lipinski definition) is 4. The fourth-order valence-corrected chi connectivity index (χ4v) is 5.02. The standard InChI is InChI=1S/C20H20ClN3O2S/c1-11-7-8-13(9-15(11)21)23-17(25)10-24-12(2)22-19-18(20(24)26)14-5-3-4-6-16(14)27-19/h7-9H,3-6,10H2,1-2H3,(H,23,25). The maximum atomic E-state index is 13.1. The summed E-state index contributed by atoms with van der Waals surface area (Å²) in [6.45, 7) is 3.61. The zero-order valence-corrected chi connectivity index (χ0v) is 16.8. The molecule has 1 aliphatic carbocycles. The molecule has 5 nitrogen and oxygen atoms in total. The van der Waals surface area contributed by atoms with Crippen LogP contribution in [0.4, 0.5) is 5.69 Å². The van der Waals surface area contributed by atoms with Crippen LogP contribution in [0.1, 0.15) is 34.7 Å². The monoisotopic (exact) mass is 401 g/mol. The van der Waals surface area contributed by atoms with Crippen LogP contribution < -0.4 is 10.9 Å². The maximum absolute atomic E-state index is 13.1. The molecule has 2 heterocycles. The molecule has 0 unspecified atom stereocenters. The number of carbonyl (C=O) groups excluding carboxylic acids is 1. The molecule has 1 aromatic carbocycles. The molecule has 1 N–H and O–H groups in total. The van der Waals surface area contributed by atoms with Crippen LogP contribution in [0.3, 0.4) is 0 Å². The number of carbonyl (C=O) groups is 1. The van der Waals surface area contributed by atoms with Crippen LogP contribution in [0.5, 0.6) is 0 Å². The Balaban J connectivity index is 1.66. The number of aryl methyl sites for hydroxylation is 4. The summed E-state index contributed by atoms with van der Waals surface area (Å²) in [5.41, 5.74) is 2.58. The van der Waals surface area contributed by atoms with Gasteiger partial charge in [-0.3, -0.25) is 14.2 Å². The van der Waals surface area contributed by atoms with Crippen molar-refractivity contribution in [3.8, 4) is 0 Å². The van der Waals surface area contributed by atoms with Crippen molar-refractivity contribution in [1.29, 1.82) is 0 Å². The van der Waals surface area contributed by atoms with Gasteiger partial charge in [-0.05, 0) is 62.8 Å². The second-order valence-corrected chi connectivity index (χ2v) is 8.44. The lowest BCUT2D eigenvalue weighted by atomic mass is 9.97. The number of benzene rings is 1. The molecule has 0 saturated heterocycles. The first-order valence-corrected chi connectivity index (χ1v) is 10.2. The van der Waals surface area contributed by atoms with Gasteiger partial charge in [0.2, 0.25) is 5.91 Å². The van der Waals surface area contributed by atoms with E-state index < -0.39 is 0 Å². The lowest BCUT2D eigenvalue weighted by molar-refractivity contribution is -0.116. The Labute approximate surface area is 166 Å². The number of thiophene rings is 1. The van der Waals surface area contributed by atoms with E-state index in [1.807, 2.05) is 13.0 Å². The van der Waals surface area contributed by atoms with Crippen molar-refractivity contribution in [2.24, 2.45) is 0 Å². The van der Waals surface area contributed by atoms with Gasteiger partial charge in [0.15, 0.2) is 0 Å². The smallest absolute Gasteiger partial charge is 0.263 e. The van der Waals surface area contributed by atoms with Crippen molar-refractivity contribution < 1.29 is 4.79 Å². The van der Waals surface area contributed by atoms with E-state index in [-0.39, 0.29) is 18.0 Å². The van der Waals surface area contributed by atoms with Gasteiger partial charge in [-0.15, -0.1) is 11.3 Å². The predicted octanol–water partition coefficient (Wildman–Crippen LogP) is 4.25. The minimum atomic E-state index is -0.273. The first-order chi connectivity index (χ1) is 12.9. The number of halogens is 1. The second-order valence-electron chi connectivity index (χ2n) is 6.95. The third-order valence-electron chi connectivity index (χ3n) is 5.02. The number of nitrogens with one attached hydrogen (secondary N) is 1. The zero-order valence-electron chi connectivity index (χ0n) is 15.3. The van der Waals surface area contributed by atoms with Crippen LogP contribution in [0, 0.1) is 13.8 Å². The highest BCUT2D eigenvalue weighted by molar-refractivity contribution is 7.18. The topological polar surface area (TPSA) is 64.0 Å². The number of rotatable bonds is 3. The van der Waals surface area contributed by atoms with Crippen molar-refractivity contribution in [3.05, 3.63) is 55.4 Å². The zero-order chi connectivity index (χ0) is 19.1. The third kappa shape index (κ3) is 3.39. The fraction of sp³-hybridized carbons (Fsp3) is 0.350.